The summed E-state index contributed by atoms with van der Waals surface area (Å²) >= 11 is 0. The van der Waals surface area contributed by atoms with E-state index in [-0.39, 0.29) is 11.3 Å². The fourth-order valence-corrected chi connectivity index (χ4v) is 5.95. The minimum Gasteiger partial charge on any atom is -0.507 e. The molecule has 2 fully saturated rings. The normalized spacial score (nSPS) is 38.9. The molecule has 0 heterocycles. The summed E-state index contributed by atoms with van der Waals surface area (Å²) in [7, 11) is 2.89. The lowest BCUT2D eigenvalue weighted by atomic mass is 9.49. The van der Waals surface area contributed by atoms with E-state index in [1.807, 2.05) is 0 Å². The van der Waals surface area contributed by atoms with Crippen LogP contribution >= 0.6 is 0 Å². The molecule has 0 saturated heterocycles. The van der Waals surface area contributed by atoms with E-state index >= 15 is 0 Å². The van der Waals surface area contributed by atoms with Gasteiger partial charge < -0.3 is 21.1 Å². The number of carbonyl (C=O) groups is 5. The molecule has 0 spiro atoms. The molecule has 8 atom stereocenters. The molecule has 170 valence electrons. The van der Waals surface area contributed by atoms with Crippen molar-refractivity contribution < 1.29 is 39.3 Å². The number of phenolic OH excluding ortho intramolecular Hbond substituents is 1. The molecule has 0 radical (unpaired) electrons. The van der Waals surface area contributed by atoms with Crippen LogP contribution in [0.3, 0.4) is 0 Å². The van der Waals surface area contributed by atoms with Gasteiger partial charge in [0, 0.05) is 5.92 Å². The summed E-state index contributed by atoms with van der Waals surface area (Å²) in [4.78, 5) is 66.3. The Morgan fingerprint density at radius 3 is 2.31 bits per heavy atom. The number of nitrogens with zero attached hydrogens (tertiary/aromatic N) is 1. The minimum atomic E-state index is -2.97. The SMILES string of the molecule is C[C@H]1c2cccc(O)c2C(=O)C2C(=O)C3(O)C(=O)C(C(N)=O)C(=O)C(N(C)C)C3[C@@H](O)C21. The lowest BCUT2D eigenvalue weighted by Gasteiger charge is -2.55. The summed E-state index contributed by atoms with van der Waals surface area (Å²) in [6, 6.07) is 3.03. The standard InChI is InChI=1S/C22H24N2O8/c1-7-8-5-4-6-9(25)11(8)16(26)12-10(7)17(27)14-15(24(2)3)18(28)13(21(23)31)20(30)22(14,32)19(12)29/h4-7,10,12-15,17,25,27,32H,1-3H3,(H2,23,31)/t7-,10?,12?,13?,14?,15?,17-,22?/m0/s1. The zero-order valence-electron chi connectivity index (χ0n) is 17.7. The topological polar surface area (TPSA) is 175 Å². The third-order valence-corrected chi connectivity index (χ3v) is 7.35. The Morgan fingerprint density at radius 1 is 1.12 bits per heavy atom. The number of nitrogens with two attached hydrogens (primary N) is 1. The van der Waals surface area contributed by atoms with Gasteiger partial charge in [-0.25, -0.2) is 0 Å². The maximum Gasteiger partial charge on any atom is 0.235 e. The molecule has 3 aliphatic carbocycles. The first-order chi connectivity index (χ1) is 14.9. The van der Waals surface area contributed by atoms with E-state index in [4.69, 9.17) is 5.73 Å². The van der Waals surface area contributed by atoms with Gasteiger partial charge >= 0.3 is 0 Å². The van der Waals surface area contributed by atoms with Crippen LogP contribution in [0.5, 0.6) is 5.75 Å². The van der Waals surface area contributed by atoms with Crippen molar-refractivity contribution in [2.24, 2.45) is 29.4 Å². The number of rotatable bonds is 2. The highest BCUT2D eigenvalue weighted by atomic mass is 16.3. The molecule has 10 heteroatoms. The number of phenols is 1. The first-order valence-electron chi connectivity index (χ1n) is 10.2. The van der Waals surface area contributed by atoms with Gasteiger partial charge in [-0.3, -0.25) is 28.9 Å². The molecule has 0 aromatic heterocycles. The van der Waals surface area contributed by atoms with Gasteiger partial charge in [0.1, 0.15) is 5.75 Å². The van der Waals surface area contributed by atoms with Gasteiger partial charge in [0.05, 0.1) is 29.5 Å². The Hall–Kier alpha value is -2.95. The van der Waals surface area contributed by atoms with Gasteiger partial charge in [-0.1, -0.05) is 19.1 Å². The number of hydrogen-bond acceptors (Lipinski definition) is 9. The molecule has 3 aliphatic rings. The third-order valence-electron chi connectivity index (χ3n) is 7.35. The molecule has 32 heavy (non-hydrogen) atoms. The van der Waals surface area contributed by atoms with Crippen LogP contribution < -0.4 is 5.73 Å². The van der Waals surface area contributed by atoms with Gasteiger partial charge in [-0.05, 0) is 31.6 Å². The second kappa shape index (κ2) is 7.03. The first kappa shape index (κ1) is 22.3. The number of hydrogen-bond donors (Lipinski definition) is 4. The predicted octanol–water partition coefficient (Wildman–Crippen LogP) is -1.60. The minimum absolute atomic E-state index is 0.112. The van der Waals surface area contributed by atoms with Crippen LogP contribution in [0.25, 0.3) is 0 Å². The fraction of sp³-hybridized carbons (Fsp3) is 0.500. The van der Waals surface area contributed by atoms with Gasteiger partial charge in [0.2, 0.25) is 5.91 Å². The quantitative estimate of drug-likeness (QED) is 0.391. The zero-order valence-corrected chi connectivity index (χ0v) is 17.7. The molecular formula is C22H24N2O8. The Labute approximate surface area is 183 Å². The number of aliphatic hydroxyl groups is 2. The van der Waals surface area contributed by atoms with Gasteiger partial charge in [0.15, 0.2) is 34.7 Å². The van der Waals surface area contributed by atoms with Crippen molar-refractivity contribution in [3.8, 4) is 5.75 Å². The summed E-state index contributed by atoms with van der Waals surface area (Å²) in [6.07, 6.45) is -1.62. The molecule has 10 nitrogen and oxygen atoms in total. The van der Waals surface area contributed by atoms with Gasteiger partial charge in [-0.15, -0.1) is 0 Å². The number of aromatic hydroxyl groups is 1. The van der Waals surface area contributed by atoms with Gasteiger partial charge in [0.25, 0.3) is 0 Å². The first-order valence-corrected chi connectivity index (χ1v) is 10.2. The largest absolute Gasteiger partial charge is 0.507 e. The lowest BCUT2D eigenvalue weighted by Crippen LogP contribution is -2.77. The summed E-state index contributed by atoms with van der Waals surface area (Å²) in [5.74, 6) is -13.1. The molecule has 1 aromatic carbocycles. The van der Waals surface area contributed by atoms with Crippen molar-refractivity contribution in [2.75, 3.05) is 14.1 Å². The zero-order chi connectivity index (χ0) is 23.9. The highest BCUT2D eigenvalue weighted by Gasteiger charge is 2.72. The predicted molar refractivity (Wildman–Crippen MR) is 107 cm³/mol. The second-order valence-corrected chi connectivity index (χ2v) is 9.11. The van der Waals surface area contributed by atoms with Crippen molar-refractivity contribution in [3.63, 3.8) is 0 Å². The Balaban J connectivity index is 1.96. The number of Topliss-reactive ketones (excluding diaryl/α,β-unsaturated/α-hetero) is 4. The average Bonchev–Trinajstić information content (AvgIpc) is 2.70. The van der Waals surface area contributed by atoms with Crippen molar-refractivity contribution in [1.29, 1.82) is 0 Å². The number of aliphatic hydroxyl groups excluding tert-OH is 1. The molecule has 0 aliphatic heterocycles. The van der Waals surface area contributed by atoms with Crippen LogP contribution in [-0.4, -0.2) is 81.1 Å². The van der Waals surface area contributed by atoms with Crippen LogP contribution in [0.1, 0.15) is 28.8 Å². The van der Waals surface area contributed by atoms with Crippen LogP contribution in [0.15, 0.2) is 18.2 Å². The van der Waals surface area contributed by atoms with E-state index in [0.29, 0.717) is 5.56 Å². The van der Waals surface area contributed by atoms with Gasteiger partial charge in [-0.2, -0.15) is 0 Å². The van der Waals surface area contributed by atoms with E-state index in [9.17, 15) is 39.3 Å². The Morgan fingerprint density at radius 2 is 1.75 bits per heavy atom. The number of primary amides is 1. The van der Waals surface area contributed by atoms with Crippen molar-refractivity contribution in [1.82, 2.24) is 4.90 Å². The van der Waals surface area contributed by atoms with E-state index in [1.165, 1.54) is 31.1 Å². The number of benzene rings is 1. The van der Waals surface area contributed by atoms with Crippen LogP contribution in [-0.2, 0) is 19.2 Å². The van der Waals surface area contributed by atoms with E-state index in [0.717, 1.165) is 0 Å². The molecular weight excluding hydrogens is 420 g/mol. The Bertz CT molecular complexity index is 1080. The summed E-state index contributed by atoms with van der Waals surface area (Å²) in [5.41, 5.74) is 2.58. The number of fused-ring (bicyclic) bond motifs is 3. The molecule has 2 saturated carbocycles. The number of likely N-dealkylation sites (N-methyl/N-ethyl adjacent to an activating group) is 1. The third kappa shape index (κ3) is 2.54. The molecule has 6 unspecified atom stereocenters. The van der Waals surface area contributed by atoms with E-state index < -0.39 is 76.4 Å². The fourth-order valence-electron chi connectivity index (χ4n) is 5.95. The molecule has 0 bridgehead atoms. The van der Waals surface area contributed by atoms with E-state index in [1.54, 1.807) is 13.0 Å². The average molecular weight is 444 g/mol. The summed E-state index contributed by atoms with van der Waals surface area (Å²) in [6.45, 7) is 1.66. The maximum atomic E-state index is 13.6. The molecule has 5 N–H and O–H groups in total. The molecule has 1 aromatic rings. The lowest BCUT2D eigenvalue weighted by molar-refractivity contribution is -0.196. The van der Waals surface area contributed by atoms with Crippen molar-refractivity contribution >= 4 is 29.0 Å². The Kier molecular flexibility index (Phi) is 4.89. The van der Waals surface area contributed by atoms with Crippen LogP contribution in [0, 0.1) is 23.7 Å². The number of ketones is 4. The van der Waals surface area contributed by atoms with Crippen LogP contribution in [0.2, 0.25) is 0 Å². The van der Waals surface area contributed by atoms with E-state index in [2.05, 4.69) is 0 Å². The highest BCUT2D eigenvalue weighted by molar-refractivity contribution is 6.32. The van der Waals surface area contributed by atoms with Crippen LogP contribution in [0.4, 0.5) is 0 Å². The number of carbonyl (C=O) groups excluding carboxylic acids is 5. The summed E-state index contributed by atoms with van der Waals surface area (Å²) in [5, 5.41) is 33.1. The summed E-state index contributed by atoms with van der Waals surface area (Å²) < 4.78 is 0. The van der Waals surface area contributed by atoms with Crippen molar-refractivity contribution in [3.05, 3.63) is 29.3 Å². The second-order valence-electron chi connectivity index (χ2n) is 9.11. The smallest absolute Gasteiger partial charge is 0.235 e. The monoisotopic (exact) mass is 444 g/mol. The number of amides is 1. The maximum absolute atomic E-state index is 13.6. The van der Waals surface area contributed by atoms with Crippen molar-refractivity contribution in [2.45, 2.75) is 30.6 Å². The molecule has 1 amide bonds. The highest BCUT2D eigenvalue weighted by Crippen LogP contribution is 2.54. The molecule has 4 rings (SSSR count).